The van der Waals surface area contributed by atoms with Gasteiger partial charge in [0, 0.05) is 38.6 Å². The minimum atomic E-state index is 0.163. The zero-order valence-electron chi connectivity index (χ0n) is 14.8. The van der Waals surface area contributed by atoms with Crippen LogP contribution in [0.4, 0.5) is 0 Å². The van der Waals surface area contributed by atoms with Crippen molar-refractivity contribution in [2.24, 2.45) is 0 Å². The van der Waals surface area contributed by atoms with Crippen LogP contribution < -0.4 is 4.74 Å². The molecule has 1 fully saturated rings. The quantitative estimate of drug-likeness (QED) is 0.832. The second kappa shape index (κ2) is 8.07. The molecule has 1 unspecified atom stereocenters. The molecular formula is C19H24N4O2. The normalized spacial score (nSPS) is 16.5. The summed E-state index contributed by atoms with van der Waals surface area (Å²) in [6.45, 7) is 5.26. The van der Waals surface area contributed by atoms with Crippen molar-refractivity contribution in [1.29, 1.82) is 0 Å². The van der Waals surface area contributed by atoms with Gasteiger partial charge in [0.2, 0.25) is 5.91 Å². The van der Waals surface area contributed by atoms with Gasteiger partial charge in [0.25, 0.3) is 0 Å². The molecule has 2 aromatic rings. The molecule has 0 N–H and O–H groups in total. The molecule has 1 amide bonds. The average molecular weight is 340 g/mol. The summed E-state index contributed by atoms with van der Waals surface area (Å²) >= 11 is 0. The number of rotatable bonds is 5. The van der Waals surface area contributed by atoms with E-state index in [-0.39, 0.29) is 11.9 Å². The molecule has 132 valence electrons. The molecule has 3 rings (SSSR count). The van der Waals surface area contributed by atoms with Crippen molar-refractivity contribution in [2.75, 3.05) is 33.3 Å². The SMILES string of the molecule is COc1cccc(CC(=O)N2CCN(C(C)c3ncccn3)CC2)c1. The standard InChI is InChI=1S/C19H24N4O2/c1-15(19-20-7-4-8-21-19)22-9-11-23(12-10-22)18(24)14-16-5-3-6-17(13-16)25-2/h3-8,13,15H,9-12,14H2,1-2H3. The van der Waals surface area contributed by atoms with Crippen LogP contribution in [0.1, 0.15) is 24.4 Å². The molecule has 1 aliphatic heterocycles. The summed E-state index contributed by atoms with van der Waals surface area (Å²) in [5.74, 6) is 1.78. The fourth-order valence-electron chi connectivity index (χ4n) is 3.12. The van der Waals surface area contributed by atoms with Crippen LogP contribution in [0, 0.1) is 0 Å². The first kappa shape index (κ1) is 17.4. The molecule has 1 aromatic carbocycles. The molecule has 1 saturated heterocycles. The lowest BCUT2D eigenvalue weighted by Gasteiger charge is -2.37. The number of methoxy groups -OCH3 is 1. The van der Waals surface area contributed by atoms with E-state index in [9.17, 15) is 4.79 Å². The summed E-state index contributed by atoms with van der Waals surface area (Å²) in [5.41, 5.74) is 0.984. The molecule has 1 aromatic heterocycles. The van der Waals surface area contributed by atoms with Crippen molar-refractivity contribution in [3.05, 3.63) is 54.1 Å². The van der Waals surface area contributed by atoms with Crippen LogP contribution in [0.25, 0.3) is 0 Å². The van der Waals surface area contributed by atoms with Gasteiger partial charge in [-0.15, -0.1) is 0 Å². The number of piperazine rings is 1. The lowest BCUT2D eigenvalue weighted by Crippen LogP contribution is -2.49. The molecule has 0 aliphatic carbocycles. The molecule has 0 bridgehead atoms. The molecule has 0 radical (unpaired) electrons. The molecule has 2 heterocycles. The molecule has 1 atom stereocenters. The van der Waals surface area contributed by atoms with Gasteiger partial charge in [0.1, 0.15) is 11.6 Å². The lowest BCUT2D eigenvalue weighted by atomic mass is 10.1. The highest BCUT2D eigenvalue weighted by molar-refractivity contribution is 5.79. The minimum absolute atomic E-state index is 0.163. The number of carbonyl (C=O) groups is 1. The maximum absolute atomic E-state index is 12.6. The summed E-state index contributed by atoms with van der Waals surface area (Å²) in [6, 6.07) is 9.68. The van der Waals surface area contributed by atoms with E-state index in [0.29, 0.717) is 6.42 Å². The Bertz CT molecular complexity index is 700. The van der Waals surface area contributed by atoms with E-state index in [1.807, 2.05) is 35.2 Å². The van der Waals surface area contributed by atoms with Crippen LogP contribution >= 0.6 is 0 Å². The van der Waals surface area contributed by atoms with Gasteiger partial charge in [-0.3, -0.25) is 9.69 Å². The number of benzene rings is 1. The van der Waals surface area contributed by atoms with Gasteiger partial charge in [-0.2, -0.15) is 0 Å². The number of nitrogens with zero attached hydrogens (tertiary/aromatic N) is 4. The predicted octanol–water partition coefficient (Wildman–Crippen LogP) is 1.93. The van der Waals surface area contributed by atoms with Crippen LogP contribution in [0.15, 0.2) is 42.7 Å². The molecule has 6 nitrogen and oxygen atoms in total. The maximum Gasteiger partial charge on any atom is 0.227 e. The average Bonchev–Trinajstić information content (AvgIpc) is 2.68. The largest absolute Gasteiger partial charge is 0.497 e. The van der Waals surface area contributed by atoms with Crippen molar-refractivity contribution in [3.63, 3.8) is 0 Å². The Balaban J connectivity index is 1.54. The smallest absolute Gasteiger partial charge is 0.227 e. The number of hydrogen-bond donors (Lipinski definition) is 0. The molecule has 1 aliphatic rings. The Labute approximate surface area is 148 Å². The van der Waals surface area contributed by atoms with Crippen LogP contribution in [0.2, 0.25) is 0 Å². The first-order chi connectivity index (χ1) is 12.2. The predicted molar refractivity (Wildman–Crippen MR) is 95.3 cm³/mol. The van der Waals surface area contributed by atoms with Gasteiger partial charge < -0.3 is 9.64 Å². The van der Waals surface area contributed by atoms with Gasteiger partial charge in [-0.05, 0) is 30.7 Å². The molecule has 6 heteroatoms. The van der Waals surface area contributed by atoms with E-state index in [0.717, 1.165) is 43.3 Å². The highest BCUT2D eigenvalue weighted by atomic mass is 16.5. The highest BCUT2D eigenvalue weighted by Gasteiger charge is 2.25. The molecule has 0 saturated carbocycles. The zero-order valence-corrected chi connectivity index (χ0v) is 14.8. The Morgan fingerprint density at radius 1 is 1.16 bits per heavy atom. The summed E-state index contributed by atoms with van der Waals surface area (Å²) < 4.78 is 5.22. The third-order valence-corrected chi connectivity index (χ3v) is 4.66. The van der Waals surface area contributed by atoms with Crippen LogP contribution in [0.5, 0.6) is 5.75 Å². The summed E-state index contributed by atoms with van der Waals surface area (Å²) in [6.07, 6.45) is 3.95. The number of aromatic nitrogens is 2. The summed E-state index contributed by atoms with van der Waals surface area (Å²) in [4.78, 5) is 25.5. The first-order valence-corrected chi connectivity index (χ1v) is 8.59. The second-order valence-corrected chi connectivity index (χ2v) is 6.23. The first-order valence-electron chi connectivity index (χ1n) is 8.59. The Kier molecular flexibility index (Phi) is 5.60. The third kappa shape index (κ3) is 4.33. The van der Waals surface area contributed by atoms with E-state index < -0.39 is 0 Å². The van der Waals surface area contributed by atoms with Crippen molar-refractivity contribution < 1.29 is 9.53 Å². The van der Waals surface area contributed by atoms with E-state index in [1.54, 1.807) is 19.5 Å². The van der Waals surface area contributed by atoms with Crippen LogP contribution in [0.3, 0.4) is 0 Å². The minimum Gasteiger partial charge on any atom is -0.497 e. The lowest BCUT2D eigenvalue weighted by molar-refractivity contribution is -0.132. The van der Waals surface area contributed by atoms with Crippen LogP contribution in [-0.2, 0) is 11.2 Å². The fourth-order valence-corrected chi connectivity index (χ4v) is 3.12. The van der Waals surface area contributed by atoms with Gasteiger partial charge in [0.05, 0.1) is 19.6 Å². The van der Waals surface area contributed by atoms with Crippen molar-refractivity contribution in [1.82, 2.24) is 19.8 Å². The van der Waals surface area contributed by atoms with E-state index in [1.165, 1.54) is 0 Å². The summed E-state index contributed by atoms with van der Waals surface area (Å²) in [7, 11) is 1.64. The van der Waals surface area contributed by atoms with Crippen LogP contribution in [-0.4, -0.2) is 59.0 Å². The van der Waals surface area contributed by atoms with Gasteiger partial charge in [-0.1, -0.05) is 12.1 Å². The Hall–Kier alpha value is -2.47. The van der Waals surface area contributed by atoms with Gasteiger partial charge in [0.15, 0.2) is 0 Å². The maximum atomic E-state index is 12.6. The molecule has 25 heavy (non-hydrogen) atoms. The van der Waals surface area contributed by atoms with Gasteiger partial charge in [-0.25, -0.2) is 9.97 Å². The zero-order chi connectivity index (χ0) is 17.6. The third-order valence-electron chi connectivity index (χ3n) is 4.66. The fraction of sp³-hybridized carbons (Fsp3) is 0.421. The number of amides is 1. The monoisotopic (exact) mass is 340 g/mol. The van der Waals surface area contributed by atoms with Crippen molar-refractivity contribution >= 4 is 5.91 Å². The van der Waals surface area contributed by atoms with Gasteiger partial charge >= 0.3 is 0 Å². The number of ether oxygens (including phenoxy) is 1. The second-order valence-electron chi connectivity index (χ2n) is 6.23. The number of hydrogen-bond acceptors (Lipinski definition) is 5. The number of carbonyl (C=O) groups excluding carboxylic acids is 1. The Morgan fingerprint density at radius 2 is 1.88 bits per heavy atom. The Morgan fingerprint density at radius 3 is 2.56 bits per heavy atom. The van der Waals surface area contributed by atoms with E-state index in [4.69, 9.17) is 4.74 Å². The summed E-state index contributed by atoms with van der Waals surface area (Å²) in [5, 5.41) is 0. The highest BCUT2D eigenvalue weighted by Crippen LogP contribution is 2.19. The molecular weight excluding hydrogens is 316 g/mol. The van der Waals surface area contributed by atoms with E-state index in [2.05, 4.69) is 21.8 Å². The topological polar surface area (TPSA) is 58.6 Å². The van der Waals surface area contributed by atoms with Crippen molar-refractivity contribution in [3.8, 4) is 5.75 Å². The van der Waals surface area contributed by atoms with E-state index >= 15 is 0 Å². The molecule has 0 spiro atoms. The van der Waals surface area contributed by atoms with Crippen molar-refractivity contribution in [2.45, 2.75) is 19.4 Å².